The van der Waals surface area contributed by atoms with Crippen LogP contribution in [0.1, 0.15) is 46.8 Å². The molecule has 1 saturated carbocycles. The molecule has 43 heavy (non-hydrogen) atoms. The number of benzene rings is 2. The van der Waals surface area contributed by atoms with E-state index in [1.165, 1.54) is 30.9 Å². The predicted octanol–water partition coefficient (Wildman–Crippen LogP) is 3.54. The van der Waals surface area contributed by atoms with E-state index in [4.69, 9.17) is 18.9 Å². The second-order valence-corrected chi connectivity index (χ2v) is 10.5. The molecule has 2 amide bonds. The van der Waals surface area contributed by atoms with Gasteiger partial charge in [-0.25, -0.2) is 28.9 Å². The number of hydrogen-bond acceptors (Lipinski definition) is 9. The molecular formula is C29H27FN6O7. The second kappa shape index (κ2) is 11.3. The van der Waals surface area contributed by atoms with E-state index in [0.717, 1.165) is 18.4 Å². The lowest BCUT2D eigenvalue weighted by Crippen LogP contribution is -2.31. The number of rotatable bonds is 9. The Kier molecular flexibility index (Phi) is 7.18. The number of ether oxygens (including phenoxy) is 4. The fourth-order valence-electron chi connectivity index (χ4n) is 5.33. The standard InChI is InChI=1S/C29H27FN6O7/c30-19-8-4-7-17(27(37)38)18(19)11-40-12-20-22-23(43-28(42-22)15-5-2-1-3-6-15)26(41-20)36-14-33-21-24(31-13-32-25(21)36)35-29(39)34-16-9-10-16/h1-8,13-14,16,20,22-23,26,28H,9-12H2,(H,37,38)(H2,31,32,34,35,39)/t20?,22?,23?,26?,28-/m0/s1. The van der Waals surface area contributed by atoms with Crippen LogP contribution in [-0.4, -0.2) is 67.6 Å². The Morgan fingerprint density at radius 3 is 2.63 bits per heavy atom. The summed E-state index contributed by atoms with van der Waals surface area (Å²) in [7, 11) is 0. The Hall–Kier alpha value is -4.50. The van der Waals surface area contributed by atoms with Crippen molar-refractivity contribution in [2.75, 3.05) is 11.9 Å². The normalized spacial score (nSPS) is 24.6. The number of nitrogens with one attached hydrogen (secondary N) is 2. The number of fused-ring (bicyclic) bond motifs is 2. The molecule has 4 aromatic rings. The number of carboxylic acid groups (broad SMARTS) is 1. The number of carbonyl (C=O) groups excluding carboxylic acids is 1. The minimum absolute atomic E-state index is 0.0360. The van der Waals surface area contributed by atoms with Gasteiger partial charge in [-0.15, -0.1) is 0 Å². The third kappa shape index (κ3) is 5.41. The van der Waals surface area contributed by atoms with Gasteiger partial charge >= 0.3 is 12.0 Å². The van der Waals surface area contributed by atoms with Gasteiger partial charge in [0, 0.05) is 17.2 Å². The number of imidazole rings is 1. The molecule has 5 atom stereocenters. The fourth-order valence-corrected chi connectivity index (χ4v) is 5.33. The van der Waals surface area contributed by atoms with Gasteiger partial charge in [0.15, 0.2) is 29.5 Å². The van der Waals surface area contributed by atoms with E-state index in [-0.39, 0.29) is 42.2 Å². The zero-order valence-electron chi connectivity index (χ0n) is 22.6. The largest absolute Gasteiger partial charge is 0.478 e. The molecule has 1 aliphatic carbocycles. The van der Waals surface area contributed by atoms with E-state index in [0.29, 0.717) is 11.2 Å². The maximum absolute atomic E-state index is 14.5. The minimum Gasteiger partial charge on any atom is -0.478 e. The Morgan fingerprint density at radius 1 is 1.02 bits per heavy atom. The van der Waals surface area contributed by atoms with Crippen LogP contribution in [0.5, 0.6) is 0 Å². The number of amides is 2. The number of anilines is 1. The molecule has 0 spiro atoms. The number of urea groups is 1. The molecule has 0 radical (unpaired) electrons. The molecule has 4 unspecified atom stereocenters. The van der Waals surface area contributed by atoms with Crippen LogP contribution in [0.15, 0.2) is 61.2 Å². The first-order valence-electron chi connectivity index (χ1n) is 13.8. The molecule has 3 aliphatic rings. The van der Waals surface area contributed by atoms with Gasteiger partial charge < -0.3 is 29.4 Å². The molecule has 0 bridgehead atoms. The fraction of sp³-hybridized carbons (Fsp3) is 0.345. The summed E-state index contributed by atoms with van der Waals surface area (Å²) in [6.45, 7) is -0.315. The number of aromatic carboxylic acids is 1. The zero-order valence-corrected chi connectivity index (χ0v) is 22.6. The Morgan fingerprint density at radius 2 is 1.84 bits per heavy atom. The molecule has 222 valence electrons. The number of aromatic nitrogens is 4. The summed E-state index contributed by atoms with van der Waals surface area (Å²) >= 11 is 0. The predicted molar refractivity (Wildman–Crippen MR) is 146 cm³/mol. The van der Waals surface area contributed by atoms with Crippen molar-refractivity contribution in [2.45, 2.75) is 56.3 Å². The first-order chi connectivity index (χ1) is 21.0. The molecule has 2 aromatic heterocycles. The second-order valence-electron chi connectivity index (χ2n) is 10.5. The van der Waals surface area contributed by atoms with Crippen molar-refractivity contribution < 1.29 is 38.0 Å². The quantitative estimate of drug-likeness (QED) is 0.263. The summed E-state index contributed by atoms with van der Waals surface area (Å²) in [6, 6.07) is 13.1. The van der Waals surface area contributed by atoms with Gasteiger partial charge in [-0.2, -0.15) is 0 Å². The van der Waals surface area contributed by atoms with Gasteiger partial charge in [-0.05, 0) is 25.0 Å². The highest BCUT2D eigenvalue weighted by Crippen LogP contribution is 2.45. The number of carboxylic acids is 1. The van der Waals surface area contributed by atoms with E-state index in [1.54, 1.807) is 4.57 Å². The van der Waals surface area contributed by atoms with Crippen molar-refractivity contribution in [3.8, 4) is 0 Å². The smallest absolute Gasteiger partial charge is 0.336 e. The Bertz CT molecular complexity index is 1670. The Labute approximate surface area is 244 Å². The van der Waals surface area contributed by atoms with Crippen molar-refractivity contribution in [3.05, 3.63) is 83.7 Å². The summed E-state index contributed by atoms with van der Waals surface area (Å²) in [4.78, 5) is 37.0. The lowest BCUT2D eigenvalue weighted by Gasteiger charge is -2.21. The van der Waals surface area contributed by atoms with Gasteiger partial charge in [0.25, 0.3) is 0 Å². The molecule has 2 aliphatic heterocycles. The third-order valence-corrected chi connectivity index (χ3v) is 7.57. The lowest BCUT2D eigenvalue weighted by atomic mass is 10.1. The van der Waals surface area contributed by atoms with Crippen molar-refractivity contribution >= 4 is 29.0 Å². The average molecular weight is 591 g/mol. The lowest BCUT2D eigenvalue weighted by molar-refractivity contribution is -0.158. The summed E-state index contributed by atoms with van der Waals surface area (Å²) in [5, 5.41) is 15.1. The van der Waals surface area contributed by atoms with Crippen LogP contribution in [0.4, 0.5) is 15.0 Å². The monoisotopic (exact) mass is 590 g/mol. The first-order valence-corrected chi connectivity index (χ1v) is 13.8. The van der Waals surface area contributed by atoms with Gasteiger partial charge in [-0.3, -0.25) is 9.88 Å². The van der Waals surface area contributed by atoms with Crippen molar-refractivity contribution in [2.24, 2.45) is 0 Å². The highest BCUT2D eigenvalue weighted by atomic mass is 19.1. The van der Waals surface area contributed by atoms with Crippen LogP contribution in [0, 0.1) is 5.82 Å². The number of halogens is 1. The summed E-state index contributed by atoms with van der Waals surface area (Å²) in [6.07, 6.45) is 1.47. The highest BCUT2D eigenvalue weighted by Gasteiger charge is 2.54. The van der Waals surface area contributed by atoms with Crippen LogP contribution in [0.25, 0.3) is 11.2 Å². The Balaban J connectivity index is 1.14. The molecule has 13 nitrogen and oxygen atoms in total. The highest BCUT2D eigenvalue weighted by molar-refractivity contribution is 5.96. The molecule has 3 fully saturated rings. The van der Waals surface area contributed by atoms with Crippen molar-refractivity contribution in [1.29, 1.82) is 0 Å². The van der Waals surface area contributed by atoms with Gasteiger partial charge in [0.2, 0.25) is 0 Å². The molecule has 7 rings (SSSR count). The van der Waals surface area contributed by atoms with Crippen LogP contribution in [-0.2, 0) is 25.6 Å². The van der Waals surface area contributed by atoms with Crippen LogP contribution in [0.2, 0.25) is 0 Å². The van der Waals surface area contributed by atoms with Gasteiger partial charge in [0.05, 0.1) is 25.1 Å². The van der Waals surface area contributed by atoms with Crippen LogP contribution >= 0.6 is 0 Å². The van der Waals surface area contributed by atoms with E-state index < -0.39 is 42.6 Å². The third-order valence-electron chi connectivity index (χ3n) is 7.57. The number of hydrogen-bond donors (Lipinski definition) is 3. The van der Waals surface area contributed by atoms with Crippen molar-refractivity contribution in [3.63, 3.8) is 0 Å². The summed E-state index contributed by atoms with van der Waals surface area (Å²) < 4.78 is 41.0. The van der Waals surface area contributed by atoms with E-state index in [9.17, 15) is 19.1 Å². The maximum Gasteiger partial charge on any atom is 0.336 e. The van der Waals surface area contributed by atoms with E-state index in [1.807, 2.05) is 30.3 Å². The van der Waals surface area contributed by atoms with Crippen LogP contribution in [0.3, 0.4) is 0 Å². The van der Waals surface area contributed by atoms with Crippen molar-refractivity contribution in [1.82, 2.24) is 24.8 Å². The number of nitrogens with zero attached hydrogens (tertiary/aromatic N) is 4. The molecule has 3 N–H and O–H groups in total. The zero-order chi connectivity index (χ0) is 29.5. The molecule has 14 heteroatoms. The molecule has 4 heterocycles. The molecular weight excluding hydrogens is 563 g/mol. The minimum atomic E-state index is -1.25. The molecule has 2 aromatic carbocycles. The summed E-state index contributed by atoms with van der Waals surface area (Å²) in [5.74, 6) is -1.67. The maximum atomic E-state index is 14.5. The van der Waals surface area contributed by atoms with Crippen LogP contribution < -0.4 is 10.6 Å². The molecule has 2 saturated heterocycles. The topological polar surface area (TPSA) is 159 Å². The SMILES string of the molecule is O=C(Nc1ncnc2c1ncn2C1OC(COCc2c(F)cccc2C(=O)O)C2O[C@H](c3ccccc3)OC21)NC1CC1. The average Bonchev–Trinajstić information content (AvgIpc) is 3.39. The van der Waals surface area contributed by atoms with E-state index in [2.05, 4.69) is 25.6 Å². The van der Waals surface area contributed by atoms with Gasteiger partial charge in [-0.1, -0.05) is 36.4 Å². The first kappa shape index (κ1) is 27.3. The van der Waals surface area contributed by atoms with E-state index >= 15 is 0 Å². The number of carbonyl (C=O) groups is 2. The summed E-state index contributed by atoms with van der Waals surface area (Å²) in [5.41, 5.74) is 1.36. The van der Waals surface area contributed by atoms with Gasteiger partial charge in [0.1, 0.15) is 30.5 Å².